The zero-order chi connectivity index (χ0) is 8.44. The standard InChI is InChI=1S/C10H13NO/c1-10(7-11-8-10)12-9-5-3-2-4-6-9/h2-6,11H,7-8H2,1H3. The molecule has 12 heavy (non-hydrogen) atoms. The molecule has 0 radical (unpaired) electrons. The number of para-hydroxylation sites is 1. The molecule has 0 aromatic heterocycles. The molecule has 1 aromatic carbocycles. The minimum Gasteiger partial charge on any atom is -0.485 e. The van der Waals surface area contributed by atoms with E-state index in [2.05, 4.69) is 12.2 Å². The quantitative estimate of drug-likeness (QED) is 0.712. The Labute approximate surface area is 72.5 Å². The van der Waals surface area contributed by atoms with Crippen molar-refractivity contribution < 1.29 is 4.74 Å². The van der Waals surface area contributed by atoms with Gasteiger partial charge in [0.05, 0.1) is 0 Å². The van der Waals surface area contributed by atoms with E-state index in [1.807, 2.05) is 30.3 Å². The van der Waals surface area contributed by atoms with Gasteiger partial charge in [-0.3, -0.25) is 0 Å². The molecule has 64 valence electrons. The van der Waals surface area contributed by atoms with E-state index in [1.165, 1.54) is 0 Å². The van der Waals surface area contributed by atoms with Gasteiger partial charge in [-0.15, -0.1) is 0 Å². The van der Waals surface area contributed by atoms with E-state index in [9.17, 15) is 0 Å². The Morgan fingerprint density at radius 3 is 2.42 bits per heavy atom. The number of hydrogen-bond acceptors (Lipinski definition) is 2. The largest absolute Gasteiger partial charge is 0.485 e. The first-order valence-electron chi connectivity index (χ1n) is 4.23. The van der Waals surface area contributed by atoms with Crippen LogP contribution in [0.4, 0.5) is 0 Å². The molecule has 1 aromatic rings. The molecule has 2 nitrogen and oxygen atoms in total. The monoisotopic (exact) mass is 163 g/mol. The van der Waals surface area contributed by atoms with Crippen molar-refractivity contribution in [1.29, 1.82) is 0 Å². The fourth-order valence-electron chi connectivity index (χ4n) is 1.32. The molecular formula is C10H13NO. The van der Waals surface area contributed by atoms with Crippen molar-refractivity contribution in [3.05, 3.63) is 30.3 Å². The highest BCUT2D eigenvalue weighted by Gasteiger charge is 2.33. The van der Waals surface area contributed by atoms with Crippen molar-refractivity contribution in [2.75, 3.05) is 13.1 Å². The summed E-state index contributed by atoms with van der Waals surface area (Å²) in [4.78, 5) is 0. The van der Waals surface area contributed by atoms with E-state index < -0.39 is 0 Å². The average molecular weight is 163 g/mol. The van der Waals surface area contributed by atoms with Gasteiger partial charge in [-0.05, 0) is 19.1 Å². The van der Waals surface area contributed by atoms with Crippen molar-refractivity contribution in [2.24, 2.45) is 0 Å². The summed E-state index contributed by atoms with van der Waals surface area (Å²) in [7, 11) is 0. The number of rotatable bonds is 2. The van der Waals surface area contributed by atoms with Gasteiger partial charge < -0.3 is 10.1 Å². The molecule has 1 aliphatic heterocycles. The maximum absolute atomic E-state index is 5.78. The first-order valence-corrected chi connectivity index (χ1v) is 4.23. The van der Waals surface area contributed by atoms with Crippen LogP contribution in [-0.2, 0) is 0 Å². The number of hydrogen-bond donors (Lipinski definition) is 1. The molecule has 2 heteroatoms. The van der Waals surface area contributed by atoms with Crippen molar-refractivity contribution in [2.45, 2.75) is 12.5 Å². The maximum atomic E-state index is 5.78. The second kappa shape index (κ2) is 2.79. The Kier molecular flexibility index (Phi) is 1.77. The van der Waals surface area contributed by atoms with E-state index in [1.54, 1.807) is 0 Å². The fraction of sp³-hybridized carbons (Fsp3) is 0.400. The van der Waals surface area contributed by atoms with E-state index in [0.29, 0.717) is 0 Å². The summed E-state index contributed by atoms with van der Waals surface area (Å²) < 4.78 is 5.78. The molecule has 1 heterocycles. The summed E-state index contributed by atoms with van der Waals surface area (Å²) in [6, 6.07) is 9.96. The molecule has 1 saturated heterocycles. The van der Waals surface area contributed by atoms with Crippen LogP contribution in [0.2, 0.25) is 0 Å². The van der Waals surface area contributed by atoms with Crippen LogP contribution >= 0.6 is 0 Å². The maximum Gasteiger partial charge on any atom is 0.131 e. The van der Waals surface area contributed by atoms with Crippen LogP contribution in [0.5, 0.6) is 5.75 Å². The molecule has 0 atom stereocenters. The molecule has 0 bridgehead atoms. The SMILES string of the molecule is CC1(Oc2ccccc2)CNC1. The highest BCUT2D eigenvalue weighted by Crippen LogP contribution is 2.20. The van der Waals surface area contributed by atoms with Crippen molar-refractivity contribution in [1.82, 2.24) is 5.32 Å². The van der Waals surface area contributed by atoms with Gasteiger partial charge >= 0.3 is 0 Å². The molecule has 1 fully saturated rings. The normalized spacial score (nSPS) is 19.8. The fourth-order valence-corrected chi connectivity index (χ4v) is 1.32. The minimum atomic E-state index is 0.0152. The molecule has 1 N–H and O–H groups in total. The predicted octanol–water partition coefficient (Wildman–Crippen LogP) is 1.43. The van der Waals surface area contributed by atoms with Gasteiger partial charge in [0.15, 0.2) is 0 Å². The summed E-state index contributed by atoms with van der Waals surface area (Å²) in [6.45, 7) is 4.01. The molecule has 1 aliphatic rings. The Hall–Kier alpha value is -1.02. The van der Waals surface area contributed by atoms with E-state index >= 15 is 0 Å². The lowest BCUT2D eigenvalue weighted by Gasteiger charge is -2.39. The van der Waals surface area contributed by atoms with Crippen LogP contribution in [0, 0.1) is 0 Å². The zero-order valence-corrected chi connectivity index (χ0v) is 7.21. The molecule has 0 spiro atoms. The van der Waals surface area contributed by atoms with Gasteiger partial charge in [0.1, 0.15) is 11.4 Å². The van der Waals surface area contributed by atoms with Crippen LogP contribution in [0.25, 0.3) is 0 Å². The van der Waals surface area contributed by atoms with Crippen molar-refractivity contribution in [3.8, 4) is 5.75 Å². The van der Waals surface area contributed by atoms with E-state index in [-0.39, 0.29) is 5.60 Å². The third kappa shape index (κ3) is 1.43. The Morgan fingerprint density at radius 2 is 1.92 bits per heavy atom. The van der Waals surface area contributed by atoms with Crippen LogP contribution < -0.4 is 10.1 Å². The Bertz CT molecular complexity index is 254. The number of nitrogens with one attached hydrogen (secondary N) is 1. The minimum absolute atomic E-state index is 0.0152. The second-order valence-corrected chi connectivity index (χ2v) is 3.47. The van der Waals surface area contributed by atoms with Gasteiger partial charge in [0.25, 0.3) is 0 Å². The average Bonchev–Trinajstić information content (AvgIpc) is 2.04. The zero-order valence-electron chi connectivity index (χ0n) is 7.21. The molecule has 0 aliphatic carbocycles. The van der Waals surface area contributed by atoms with Gasteiger partial charge in [-0.2, -0.15) is 0 Å². The van der Waals surface area contributed by atoms with Crippen LogP contribution in [0.1, 0.15) is 6.92 Å². The number of ether oxygens (including phenoxy) is 1. The summed E-state index contributed by atoms with van der Waals surface area (Å²) >= 11 is 0. The van der Waals surface area contributed by atoms with Crippen LogP contribution in [-0.4, -0.2) is 18.7 Å². The van der Waals surface area contributed by atoms with Crippen LogP contribution in [0.15, 0.2) is 30.3 Å². The van der Waals surface area contributed by atoms with Crippen LogP contribution in [0.3, 0.4) is 0 Å². The molecular weight excluding hydrogens is 150 g/mol. The summed E-state index contributed by atoms with van der Waals surface area (Å²) in [6.07, 6.45) is 0. The third-order valence-corrected chi connectivity index (χ3v) is 2.11. The van der Waals surface area contributed by atoms with E-state index in [0.717, 1.165) is 18.8 Å². The van der Waals surface area contributed by atoms with Gasteiger partial charge in [-0.25, -0.2) is 0 Å². The molecule has 0 unspecified atom stereocenters. The smallest absolute Gasteiger partial charge is 0.131 e. The molecule has 2 rings (SSSR count). The lowest BCUT2D eigenvalue weighted by atomic mass is 10.00. The van der Waals surface area contributed by atoms with Gasteiger partial charge in [0.2, 0.25) is 0 Å². The summed E-state index contributed by atoms with van der Waals surface area (Å²) in [5.41, 5.74) is 0.0152. The second-order valence-electron chi connectivity index (χ2n) is 3.47. The van der Waals surface area contributed by atoms with E-state index in [4.69, 9.17) is 4.74 Å². The molecule has 0 amide bonds. The Morgan fingerprint density at radius 1 is 1.25 bits per heavy atom. The topological polar surface area (TPSA) is 21.3 Å². The van der Waals surface area contributed by atoms with Crippen molar-refractivity contribution >= 4 is 0 Å². The lowest BCUT2D eigenvalue weighted by molar-refractivity contribution is 0.0349. The first-order chi connectivity index (χ1) is 5.79. The lowest BCUT2D eigenvalue weighted by Crippen LogP contribution is -2.60. The highest BCUT2D eigenvalue weighted by atomic mass is 16.5. The van der Waals surface area contributed by atoms with Gasteiger partial charge in [-0.1, -0.05) is 18.2 Å². The third-order valence-electron chi connectivity index (χ3n) is 2.11. The number of benzene rings is 1. The first kappa shape index (κ1) is 7.62. The summed E-state index contributed by atoms with van der Waals surface area (Å²) in [5.74, 6) is 0.960. The highest BCUT2D eigenvalue weighted by molar-refractivity contribution is 5.22. The van der Waals surface area contributed by atoms with Crippen molar-refractivity contribution in [3.63, 3.8) is 0 Å². The van der Waals surface area contributed by atoms with Gasteiger partial charge in [0, 0.05) is 13.1 Å². The Balaban J connectivity index is 2.04. The summed E-state index contributed by atoms with van der Waals surface area (Å²) in [5, 5.41) is 3.20. The molecule has 0 saturated carbocycles. The predicted molar refractivity (Wildman–Crippen MR) is 48.3 cm³/mol.